The van der Waals surface area contributed by atoms with Gasteiger partial charge in [0, 0.05) is 18.9 Å². The lowest BCUT2D eigenvalue weighted by Gasteiger charge is -2.08. The van der Waals surface area contributed by atoms with Crippen molar-refractivity contribution in [1.29, 1.82) is 0 Å². The maximum atomic E-state index is 11.6. The molecular formula is C10H13N3O2. The van der Waals surface area contributed by atoms with E-state index in [2.05, 4.69) is 15.3 Å². The van der Waals surface area contributed by atoms with Crippen LogP contribution in [-0.2, 0) is 4.74 Å². The van der Waals surface area contributed by atoms with Crippen LogP contribution in [0.1, 0.15) is 16.9 Å². The second-order valence-corrected chi connectivity index (χ2v) is 3.44. The molecule has 5 heteroatoms. The minimum atomic E-state index is -0.116. The molecule has 1 aliphatic heterocycles. The van der Waals surface area contributed by atoms with E-state index in [1.165, 1.54) is 12.4 Å². The summed E-state index contributed by atoms with van der Waals surface area (Å²) in [7, 11) is 0. The number of hydrogen-bond donors (Lipinski definition) is 1. The van der Waals surface area contributed by atoms with E-state index in [4.69, 9.17) is 4.74 Å². The molecular weight excluding hydrogens is 194 g/mol. The summed E-state index contributed by atoms with van der Waals surface area (Å²) in [5.74, 6) is -0.116. The Balaban J connectivity index is 1.82. The SMILES string of the molecule is O=C(COC1CCNC1)c1cnccn1. The molecule has 2 rings (SSSR count). The van der Waals surface area contributed by atoms with E-state index in [-0.39, 0.29) is 18.5 Å². The minimum Gasteiger partial charge on any atom is -0.369 e. The van der Waals surface area contributed by atoms with Crippen molar-refractivity contribution in [2.24, 2.45) is 0 Å². The largest absolute Gasteiger partial charge is 0.369 e. The number of nitrogens with zero attached hydrogens (tertiary/aromatic N) is 2. The van der Waals surface area contributed by atoms with Crippen molar-refractivity contribution in [3.8, 4) is 0 Å². The number of carbonyl (C=O) groups is 1. The highest BCUT2D eigenvalue weighted by Gasteiger charge is 2.17. The standard InChI is InChI=1S/C10H13N3O2/c14-10(9-6-12-3-4-13-9)7-15-8-1-2-11-5-8/h3-4,6,8,11H,1-2,5,7H2. The van der Waals surface area contributed by atoms with Gasteiger partial charge in [-0.15, -0.1) is 0 Å². The number of hydrogen-bond acceptors (Lipinski definition) is 5. The summed E-state index contributed by atoms with van der Waals surface area (Å²) >= 11 is 0. The van der Waals surface area contributed by atoms with Gasteiger partial charge in [-0.3, -0.25) is 9.78 Å². The molecule has 1 saturated heterocycles. The Labute approximate surface area is 87.9 Å². The molecule has 80 valence electrons. The third-order valence-electron chi connectivity index (χ3n) is 2.31. The Bertz CT molecular complexity index is 323. The van der Waals surface area contributed by atoms with Crippen molar-refractivity contribution in [2.45, 2.75) is 12.5 Å². The summed E-state index contributed by atoms with van der Waals surface area (Å²) in [6.07, 6.45) is 5.63. The average Bonchev–Trinajstić information content (AvgIpc) is 2.80. The van der Waals surface area contributed by atoms with Crippen LogP contribution in [0.2, 0.25) is 0 Å². The van der Waals surface area contributed by atoms with E-state index in [9.17, 15) is 4.79 Å². The van der Waals surface area contributed by atoms with Crippen molar-refractivity contribution in [3.05, 3.63) is 24.3 Å². The molecule has 15 heavy (non-hydrogen) atoms. The smallest absolute Gasteiger partial charge is 0.208 e. The van der Waals surface area contributed by atoms with Gasteiger partial charge in [0.25, 0.3) is 0 Å². The fraction of sp³-hybridized carbons (Fsp3) is 0.500. The number of ether oxygens (including phenoxy) is 1. The summed E-state index contributed by atoms with van der Waals surface area (Å²) in [5.41, 5.74) is 0.364. The molecule has 0 saturated carbocycles. The van der Waals surface area contributed by atoms with Gasteiger partial charge in [0.15, 0.2) is 0 Å². The Hall–Kier alpha value is -1.33. The number of Topliss-reactive ketones (excluding diaryl/α,β-unsaturated/α-hetero) is 1. The summed E-state index contributed by atoms with van der Waals surface area (Å²) < 4.78 is 5.44. The maximum Gasteiger partial charge on any atom is 0.208 e. The molecule has 0 aliphatic carbocycles. The lowest BCUT2D eigenvalue weighted by molar-refractivity contribution is 0.0525. The first-order chi connectivity index (χ1) is 7.36. The first-order valence-corrected chi connectivity index (χ1v) is 4.98. The van der Waals surface area contributed by atoms with Gasteiger partial charge >= 0.3 is 0 Å². The van der Waals surface area contributed by atoms with Crippen LogP contribution in [0.3, 0.4) is 0 Å². The van der Waals surface area contributed by atoms with Crippen molar-refractivity contribution in [3.63, 3.8) is 0 Å². The maximum absolute atomic E-state index is 11.6. The Morgan fingerprint density at radius 2 is 2.53 bits per heavy atom. The van der Waals surface area contributed by atoms with Crippen LogP contribution >= 0.6 is 0 Å². The number of carbonyl (C=O) groups excluding carboxylic acids is 1. The highest BCUT2D eigenvalue weighted by molar-refractivity contribution is 5.94. The molecule has 1 unspecified atom stereocenters. The lowest BCUT2D eigenvalue weighted by atomic mass is 10.3. The molecule has 1 aromatic rings. The summed E-state index contributed by atoms with van der Waals surface area (Å²) in [4.78, 5) is 19.3. The Morgan fingerprint density at radius 1 is 1.60 bits per heavy atom. The molecule has 1 atom stereocenters. The highest BCUT2D eigenvalue weighted by Crippen LogP contribution is 2.04. The zero-order valence-corrected chi connectivity index (χ0v) is 8.35. The fourth-order valence-corrected chi connectivity index (χ4v) is 1.48. The molecule has 1 fully saturated rings. The van der Waals surface area contributed by atoms with Gasteiger partial charge in [-0.25, -0.2) is 4.98 Å². The van der Waals surface area contributed by atoms with Crippen LogP contribution < -0.4 is 5.32 Å². The van der Waals surface area contributed by atoms with E-state index >= 15 is 0 Å². The first kappa shape index (κ1) is 10.2. The van der Waals surface area contributed by atoms with Crippen LogP contribution in [0.5, 0.6) is 0 Å². The second kappa shape index (κ2) is 4.95. The van der Waals surface area contributed by atoms with Gasteiger partial charge in [-0.1, -0.05) is 0 Å². The summed E-state index contributed by atoms with van der Waals surface area (Å²) in [6, 6.07) is 0. The van der Waals surface area contributed by atoms with Crippen molar-refractivity contribution in [2.75, 3.05) is 19.7 Å². The van der Waals surface area contributed by atoms with E-state index in [0.29, 0.717) is 5.69 Å². The first-order valence-electron chi connectivity index (χ1n) is 4.98. The Morgan fingerprint density at radius 3 is 3.20 bits per heavy atom. The molecule has 2 heterocycles. The third kappa shape index (κ3) is 2.81. The van der Waals surface area contributed by atoms with Crippen molar-refractivity contribution >= 4 is 5.78 Å². The van der Waals surface area contributed by atoms with Crippen LogP contribution in [0.15, 0.2) is 18.6 Å². The average molecular weight is 207 g/mol. The molecule has 1 aliphatic rings. The number of ketones is 1. The summed E-state index contributed by atoms with van der Waals surface area (Å²) in [5, 5.41) is 3.17. The van der Waals surface area contributed by atoms with Gasteiger partial charge in [0.1, 0.15) is 12.3 Å². The molecule has 0 spiro atoms. The van der Waals surface area contributed by atoms with Crippen LogP contribution in [0.25, 0.3) is 0 Å². The van der Waals surface area contributed by atoms with Crippen LogP contribution in [-0.4, -0.2) is 41.6 Å². The number of nitrogens with one attached hydrogen (secondary N) is 1. The molecule has 0 radical (unpaired) electrons. The van der Waals surface area contributed by atoms with E-state index < -0.39 is 0 Å². The van der Waals surface area contributed by atoms with Crippen molar-refractivity contribution in [1.82, 2.24) is 15.3 Å². The molecule has 1 N–H and O–H groups in total. The van der Waals surface area contributed by atoms with Gasteiger partial charge in [0.2, 0.25) is 5.78 Å². The van der Waals surface area contributed by atoms with Gasteiger partial charge in [0.05, 0.1) is 12.3 Å². The number of rotatable bonds is 4. The lowest BCUT2D eigenvalue weighted by Crippen LogP contribution is -2.21. The fourth-order valence-electron chi connectivity index (χ4n) is 1.48. The van der Waals surface area contributed by atoms with Crippen molar-refractivity contribution < 1.29 is 9.53 Å². The van der Waals surface area contributed by atoms with Gasteiger partial charge in [-0.2, -0.15) is 0 Å². The van der Waals surface area contributed by atoms with Crippen LogP contribution in [0, 0.1) is 0 Å². The predicted octanol–water partition coefficient (Wildman–Crippen LogP) is 0.0378. The summed E-state index contributed by atoms with van der Waals surface area (Å²) in [6.45, 7) is 1.88. The topological polar surface area (TPSA) is 64.1 Å². The molecule has 0 amide bonds. The number of aromatic nitrogens is 2. The zero-order valence-electron chi connectivity index (χ0n) is 8.35. The molecule has 1 aromatic heterocycles. The Kier molecular flexibility index (Phi) is 3.37. The highest BCUT2D eigenvalue weighted by atomic mass is 16.5. The van der Waals surface area contributed by atoms with Crippen LogP contribution in [0.4, 0.5) is 0 Å². The second-order valence-electron chi connectivity index (χ2n) is 3.44. The third-order valence-corrected chi connectivity index (χ3v) is 2.31. The zero-order chi connectivity index (χ0) is 10.5. The van der Waals surface area contributed by atoms with E-state index in [0.717, 1.165) is 19.5 Å². The van der Waals surface area contributed by atoms with E-state index in [1.807, 2.05) is 0 Å². The molecule has 0 aromatic carbocycles. The van der Waals surface area contributed by atoms with Gasteiger partial charge in [-0.05, 0) is 13.0 Å². The van der Waals surface area contributed by atoms with Gasteiger partial charge < -0.3 is 10.1 Å². The predicted molar refractivity (Wildman–Crippen MR) is 53.6 cm³/mol. The quantitative estimate of drug-likeness (QED) is 0.706. The molecule has 0 bridgehead atoms. The molecule has 5 nitrogen and oxygen atoms in total. The normalized spacial score (nSPS) is 20.4. The van der Waals surface area contributed by atoms with E-state index in [1.54, 1.807) is 6.20 Å². The minimum absolute atomic E-state index is 0.0883. The monoisotopic (exact) mass is 207 g/mol.